The van der Waals surface area contributed by atoms with Gasteiger partial charge in [-0.1, -0.05) is 42.5 Å². The van der Waals surface area contributed by atoms with E-state index in [1.165, 1.54) is 55.5 Å². The number of hydrogen-bond acceptors (Lipinski definition) is 6. The quantitative estimate of drug-likeness (QED) is 0.103. The molecule has 0 aliphatic rings. The third kappa shape index (κ3) is 14.0. The van der Waals surface area contributed by atoms with Crippen LogP contribution in [-0.4, -0.2) is 30.9 Å². The molecule has 3 aromatic carbocycles. The Morgan fingerprint density at radius 2 is 0.974 bits per heavy atom. The molecule has 0 atom stereocenters. The lowest BCUT2D eigenvalue weighted by molar-refractivity contribution is -0.141. The monoisotopic (exact) mass is 573 g/mol. The van der Waals surface area contributed by atoms with Crippen LogP contribution in [0.2, 0.25) is 0 Å². The van der Waals surface area contributed by atoms with E-state index in [0.717, 1.165) is 12.0 Å². The fraction of sp³-hybridized carbons (Fsp3) is 0.174. The van der Waals surface area contributed by atoms with Crippen LogP contribution in [0.15, 0.2) is 78.9 Å². The maximum Gasteiger partial charge on any atom is 0.522 e. The molecule has 3 rings (SSSR count). The highest BCUT2D eigenvalue weighted by Crippen LogP contribution is 2.40. The molecule has 7 N–H and O–H groups in total. The zero-order chi connectivity index (χ0) is 28.9. The molecule has 0 bridgehead atoms. The summed E-state index contributed by atoms with van der Waals surface area (Å²) >= 11 is 0. The molecule has 15 heteroatoms. The van der Waals surface area contributed by atoms with Crippen molar-refractivity contribution in [2.75, 3.05) is 17.2 Å². The molecule has 7 nitrogen and oxygen atoms in total. The number of rotatable bonds is 2. The number of carbonyl (C=O) groups excluding carboxylic acids is 1. The molecule has 0 fully saturated rings. The molecule has 0 spiro atoms. The summed E-state index contributed by atoms with van der Waals surface area (Å²) in [5.74, 6) is -1.67. The van der Waals surface area contributed by atoms with Crippen LogP contribution in [0.1, 0.15) is 24.0 Å². The Kier molecular flexibility index (Phi) is 15.4. The molecular formula is C23H26F7N3O4S. The summed E-state index contributed by atoms with van der Waals surface area (Å²) in [4.78, 5) is 8.81. The summed E-state index contributed by atoms with van der Waals surface area (Å²) in [5.41, 5.74) is 12.8. The Bertz CT molecular complexity index is 1130. The van der Waals surface area contributed by atoms with Crippen LogP contribution in [0.5, 0.6) is 0 Å². The van der Waals surface area contributed by atoms with E-state index in [1.807, 2.05) is 30.3 Å². The molecule has 0 radical (unpaired) electrons. The highest BCUT2D eigenvalue weighted by Gasteiger charge is 2.44. The van der Waals surface area contributed by atoms with Crippen LogP contribution < -0.4 is 17.2 Å². The minimum atomic E-state index is -5.84. The first-order chi connectivity index (χ1) is 16.9. The molecular weight excluding hydrogens is 547 g/mol. The molecule has 0 aliphatic heterocycles. The van der Waals surface area contributed by atoms with Gasteiger partial charge in [0.15, 0.2) is 0 Å². The lowest BCUT2D eigenvalue weighted by Crippen LogP contribution is -2.22. The second kappa shape index (κ2) is 16.1. The molecule has 0 saturated heterocycles. The van der Waals surface area contributed by atoms with Crippen molar-refractivity contribution in [1.82, 2.24) is 0 Å². The average molecular weight is 574 g/mol. The first-order valence-corrected chi connectivity index (χ1v) is 11.4. The number of nitrogen functional groups attached to an aromatic ring is 3. The van der Waals surface area contributed by atoms with Gasteiger partial charge in [-0.3, -0.25) is 9.26 Å². The van der Waals surface area contributed by atoms with Crippen molar-refractivity contribution in [3.05, 3.63) is 90.0 Å². The Labute approximate surface area is 214 Å². The van der Waals surface area contributed by atoms with Gasteiger partial charge in [-0.05, 0) is 54.4 Å². The fourth-order valence-electron chi connectivity index (χ4n) is 2.40. The van der Waals surface area contributed by atoms with E-state index < -0.39 is 27.7 Å². The lowest BCUT2D eigenvalue weighted by Gasteiger charge is -2.21. The Balaban J connectivity index is 0. The van der Waals surface area contributed by atoms with Gasteiger partial charge in [0.1, 0.15) is 12.2 Å². The SMILES string of the molecule is CC=O.F.Nc1ccc(C(c2ccc(N)cc2)C(F)(F)F)cc1.Nc1ccccc1.O=S(=O)(O)C(F)(F)F. The molecule has 212 valence electrons. The average Bonchev–Trinajstić information content (AvgIpc) is 2.76. The molecule has 38 heavy (non-hydrogen) atoms. The molecule has 0 aromatic heterocycles. The zero-order valence-corrected chi connectivity index (χ0v) is 20.5. The van der Waals surface area contributed by atoms with Crippen molar-refractivity contribution in [1.29, 1.82) is 0 Å². The largest absolute Gasteiger partial charge is 0.522 e. The predicted molar refractivity (Wildman–Crippen MR) is 132 cm³/mol. The van der Waals surface area contributed by atoms with Crippen molar-refractivity contribution >= 4 is 33.5 Å². The summed E-state index contributed by atoms with van der Waals surface area (Å²) in [6.45, 7) is 1.44. The molecule has 3 aromatic rings. The third-order valence-corrected chi connectivity index (χ3v) is 4.54. The Morgan fingerprint density at radius 3 is 1.16 bits per heavy atom. The smallest absolute Gasteiger partial charge is 0.399 e. The minimum absolute atomic E-state index is 0. The number of alkyl halides is 6. The molecule has 0 aliphatic carbocycles. The van der Waals surface area contributed by atoms with E-state index in [0.29, 0.717) is 11.4 Å². The van der Waals surface area contributed by atoms with E-state index in [-0.39, 0.29) is 15.8 Å². The van der Waals surface area contributed by atoms with Gasteiger partial charge in [0, 0.05) is 17.1 Å². The van der Waals surface area contributed by atoms with Crippen LogP contribution in [0.25, 0.3) is 0 Å². The Morgan fingerprint density at radius 1 is 0.711 bits per heavy atom. The molecule has 0 amide bonds. The van der Waals surface area contributed by atoms with E-state index >= 15 is 0 Å². The number of benzene rings is 3. The fourth-order valence-corrected chi connectivity index (χ4v) is 2.40. The van der Waals surface area contributed by atoms with Crippen molar-refractivity contribution < 1.29 is 48.8 Å². The summed E-state index contributed by atoms with van der Waals surface area (Å²) in [7, 11) is -5.84. The maximum atomic E-state index is 13.2. The topological polar surface area (TPSA) is 149 Å². The van der Waals surface area contributed by atoms with E-state index in [2.05, 4.69) is 0 Å². The van der Waals surface area contributed by atoms with Gasteiger partial charge in [0.25, 0.3) is 0 Å². The Hall–Kier alpha value is -3.85. The van der Waals surface area contributed by atoms with Gasteiger partial charge in [-0.2, -0.15) is 34.8 Å². The van der Waals surface area contributed by atoms with Crippen LogP contribution in [0, 0.1) is 0 Å². The first kappa shape index (κ1) is 36.3. The van der Waals surface area contributed by atoms with Gasteiger partial charge >= 0.3 is 21.8 Å². The highest BCUT2D eigenvalue weighted by molar-refractivity contribution is 7.86. The summed E-state index contributed by atoms with van der Waals surface area (Å²) in [6, 6.07) is 20.9. The summed E-state index contributed by atoms with van der Waals surface area (Å²) < 4.78 is 97.2. The van der Waals surface area contributed by atoms with Gasteiger partial charge in [-0.15, -0.1) is 0 Å². The van der Waals surface area contributed by atoms with Gasteiger partial charge in [0.05, 0.1) is 0 Å². The number of halogens is 7. The molecule has 0 heterocycles. The number of carbonyl (C=O) groups is 1. The van der Waals surface area contributed by atoms with Crippen molar-refractivity contribution in [3.8, 4) is 0 Å². The second-order valence-corrected chi connectivity index (χ2v) is 8.29. The normalized spacial score (nSPS) is 10.8. The van der Waals surface area contributed by atoms with Crippen molar-refractivity contribution in [2.24, 2.45) is 0 Å². The zero-order valence-electron chi connectivity index (χ0n) is 19.6. The van der Waals surface area contributed by atoms with Gasteiger partial charge in [0.2, 0.25) is 0 Å². The third-order valence-electron chi connectivity index (χ3n) is 3.96. The van der Waals surface area contributed by atoms with E-state index in [4.69, 9.17) is 35.0 Å². The minimum Gasteiger partial charge on any atom is -0.399 e. The first-order valence-electron chi connectivity index (χ1n) is 9.95. The lowest BCUT2D eigenvalue weighted by atomic mass is 9.90. The van der Waals surface area contributed by atoms with Crippen LogP contribution >= 0.6 is 0 Å². The number of hydrogen-bond donors (Lipinski definition) is 4. The number of anilines is 3. The van der Waals surface area contributed by atoms with Gasteiger partial charge < -0.3 is 22.0 Å². The van der Waals surface area contributed by atoms with Crippen molar-refractivity contribution in [2.45, 2.75) is 24.5 Å². The predicted octanol–water partition coefficient (Wildman–Crippen LogP) is 5.57. The number of para-hydroxylation sites is 1. The van der Waals surface area contributed by atoms with Crippen LogP contribution in [0.3, 0.4) is 0 Å². The highest BCUT2D eigenvalue weighted by atomic mass is 32.2. The van der Waals surface area contributed by atoms with Crippen LogP contribution in [-0.2, 0) is 14.9 Å². The number of aldehydes is 1. The van der Waals surface area contributed by atoms with E-state index in [9.17, 15) is 26.3 Å². The standard InChI is InChI=1S/C14H13F3N2.C6H7N.C2H4O.CHF3O3S.FH/c15-14(16,17)13(9-1-5-11(18)6-2-9)10-3-7-12(19)8-4-10;7-6-4-2-1-3-5-6;1-2-3;2-1(3,4)8(5,6)7;/h1-8,13H,18-19H2;1-5H,7H2;2H,1H3;(H,5,6,7);1H. The number of nitrogens with two attached hydrogens (primary N) is 3. The molecule has 0 saturated carbocycles. The molecule has 0 unspecified atom stereocenters. The summed E-state index contributed by atoms with van der Waals surface area (Å²) in [6.07, 6.45) is -3.62. The second-order valence-electron chi connectivity index (χ2n) is 6.88. The van der Waals surface area contributed by atoms with Crippen molar-refractivity contribution in [3.63, 3.8) is 0 Å². The van der Waals surface area contributed by atoms with Gasteiger partial charge in [-0.25, -0.2) is 0 Å². The van der Waals surface area contributed by atoms with E-state index in [1.54, 1.807) is 0 Å². The summed E-state index contributed by atoms with van der Waals surface area (Å²) in [5, 5.41) is 0. The van der Waals surface area contributed by atoms with Crippen LogP contribution in [0.4, 0.5) is 48.1 Å². The maximum absolute atomic E-state index is 13.2.